The molecule has 17 heavy (non-hydrogen) atoms. The largest absolute Gasteiger partial charge is 0.347 e. The molecule has 2 aromatic rings. The highest BCUT2D eigenvalue weighted by molar-refractivity contribution is 6.31. The van der Waals surface area contributed by atoms with Crippen LogP contribution in [0.15, 0.2) is 18.2 Å². The molecule has 90 valence electrons. The van der Waals surface area contributed by atoms with Gasteiger partial charge in [0, 0.05) is 47.2 Å². The summed E-state index contributed by atoms with van der Waals surface area (Å²) in [5.74, 6) is 0. The number of fused-ring (bicyclic) bond motifs is 3. The first kappa shape index (κ1) is 11.1. The molecular weight excluding hydrogens is 232 g/mol. The highest BCUT2D eigenvalue weighted by atomic mass is 35.5. The van der Waals surface area contributed by atoms with Crippen LogP contribution in [0.3, 0.4) is 0 Å². The van der Waals surface area contributed by atoms with Gasteiger partial charge in [0.25, 0.3) is 0 Å². The van der Waals surface area contributed by atoms with Crippen molar-refractivity contribution in [2.75, 3.05) is 0 Å². The Morgan fingerprint density at radius 2 is 2.12 bits per heavy atom. The molecule has 1 aliphatic heterocycles. The zero-order valence-electron chi connectivity index (χ0n) is 10.5. The molecule has 1 aliphatic rings. The number of rotatable bonds is 0. The Morgan fingerprint density at radius 1 is 1.35 bits per heavy atom. The van der Waals surface area contributed by atoms with Gasteiger partial charge in [-0.3, -0.25) is 0 Å². The third kappa shape index (κ3) is 1.67. The molecule has 1 N–H and O–H groups in total. The first-order chi connectivity index (χ1) is 7.98. The molecule has 0 saturated carbocycles. The van der Waals surface area contributed by atoms with Gasteiger partial charge in [0.1, 0.15) is 0 Å². The molecule has 0 atom stereocenters. The molecule has 0 unspecified atom stereocenters. The Labute approximate surface area is 107 Å². The van der Waals surface area contributed by atoms with Gasteiger partial charge < -0.3 is 9.88 Å². The van der Waals surface area contributed by atoms with E-state index in [0.717, 1.165) is 18.0 Å². The van der Waals surface area contributed by atoms with Crippen LogP contribution in [0.2, 0.25) is 5.02 Å². The Hall–Kier alpha value is -0.990. The molecule has 3 rings (SSSR count). The van der Waals surface area contributed by atoms with E-state index >= 15 is 0 Å². The second-order valence-corrected chi connectivity index (χ2v) is 6.00. The summed E-state index contributed by atoms with van der Waals surface area (Å²) in [5, 5.41) is 5.69. The minimum Gasteiger partial charge on any atom is -0.347 e. The average molecular weight is 249 g/mol. The van der Waals surface area contributed by atoms with Crippen LogP contribution in [0, 0.1) is 0 Å². The van der Waals surface area contributed by atoms with Crippen molar-refractivity contribution in [2.24, 2.45) is 7.05 Å². The van der Waals surface area contributed by atoms with E-state index in [1.54, 1.807) is 0 Å². The van der Waals surface area contributed by atoms with Gasteiger partial charge in [-0.05, 0) is 37.6 Å². The number of hydrogen-bond donors (Lipinski definition) is 1. The number of aryl methyl sites for hydroxylation is 1. The maximum absolute atomic E-state index is 6.10. The third-order valence-corrected chi connectivity index (χ3v) is 3.99. The van der Waals surface area contributed by atoms with E-state index in [4.69, 9.17) is 11.6 Å². The monoisotopic (exact) mass is 248 g/mol. The fourth-order valence-electron chi connectivity index (χ4n) is 2.78. The van der Waals surface area contributed by atoms with Crippen LogP contribution < -0.4 is 5.32 Å². The molecule has 0 saturated heterocycles. The van der Waals surface area contributed by atoms with E-state index in [2.05, 4.69) is 42.9 Å². The van der Waals surface area contributed by atoms with Crippen LogP contribution in [-0.4, -0.2) is 10.1 Å². The minimum absolute atomic E-state index is 0.179. The third-order valence-electron chi connectivity index (χ3n) is 3.75. The van der Waals surface area contributed by atoms with Crippen molar-refractivity contribution in [3.63, 3.8) is 0 Å². The number of hydrogen-bond acceptors (Lipinski definition) is 1. The molecule has 1 aromatic heterocycles. The van der Waals surface area contributed by atoms with Crippen LogP contribution in [0.25, 0.3) is 10.9 Å². The lowest BCUT2D eigenvalue weighted by atomic mass is 9.91. The van der Waals surface area contributed by atoms with E-state index in [1.165, 1.54) is 22.2 Å². The molecule has 0 fully saturated rings. The van der Waals surface area contributed by atoms with Crippen molar-refractivity contribution in [1.82, 2.24) is 9.88 Å². The summed E-state index contributed by atoms with van der Waals surface area (Å²) >= 11 is 6.10. The van der Waals surface area contributed by atoms with Crippen molar-refractivity contribution in [3.05, 3.63) is 34.5 Å². The SMILES string of the molecule is Cn1c2c(c3cc(Cl)ccc31)CNC(C)(C)C2. The standard InChI is InChI=1S/C14H17ClN2/c1-14(2)7-13-11(8-16-14)10-6-9(15)4-5-12(10)17(13)3/h4-6,16H,7-8H2,1-3H3. The zero-order valence-corrected chi connectivity index (χ0v) is 11.2. The van der Waals surface area contributed by atoms with Gasteiger partial charge in [-0.15, -0.1) is 0 Å². The second kappa shape index (κ2) is 3.50. The lowest BCUT2D eigenvalue weighted by molar-refractivity contribution is 0.356. The van der Waals surface area contributed by atoms with Crippen molar-refractivity contribution in [2.45, 2.75) is 32.4 Å². The number of aromatic nitrogens is 1. The molecule has 0 spiro atoms. The summed E-state index contributed by atoms with van der Waals surface area (Å²) in [5.41, 5.74) is 4.30. The van der Waals surface area contributed by atoms with E-state index in [-0.39, 0.29) is 5.54 Å². The predicted molar refractivity (Wildman–Crippen MR) is 72.6 cm³/mol. The molecular formula is C14H17ClN2. The summed E-state index contributed by atoms with van der Waals surface area (Å²) in [7, 11) is 2.15. The normalized spacial score (nSPS) is 18.4. The molecule has 0 radical (unpaired) electrons. The van der Waals surface area contributed by atoms with Crippen molar-refractivity contribution < 1.29 is 0 Å². The van der Waals surface area contributed by atoms with E-state index < -0.39 is 0 Å². The van der Waals surface area contributed by atoms with Crippen LogP contribution in [-0.2, 0) is 20.0 Å². The smallest absolute Gasteiger partial charge is 0.0484 e. The first-order valence-electron chi connectivity index (χ1n) is 5.99. The molecule has 3 heteroatoms. The fraction of sp³-hybridized carbons (Fsp3) is 0.429. The van der Waals surface area contributed by atoms with E-state index in [0.29, 0.717) is 0 Å². The van der Waals surface area contributed by atoms with Gasteiger partial charge >= 0.3 is 0 Å². The maximum atomic E-state index is 6.10. The number of nitrogens with zero attached hydrogens (tertiary/aromatic N) is 1. The van der Waals surface area contributed by atoms with Crippen LogP contribution in [0.5, 0.6) is 0 Å². The zero-order chi connectivity index (χ0) is 12.2. The molecule has 2 heterocycles. The van der Waals surface area contributed by atoms with Gasteiger partial charge in [0.05, 0.1) is 0 Å². The van der Waals surface area contributed by atoms with E-state index in [1.807, 2.05) is 6.07 Å². The fourth-order valence-corrected chi connectivity index (χ4v) is 2.95. The van der Waals surface area contributed by atoms with Crippen molar-refractivity contribution in [3.8, 4) is 0 Å². The Kier molecular flexibility index (Phi) is 2.29. The Balaban J connectivity index is 2.29. The summed E-state index contributed by atoms with van der Waals surface area (Å²) in [6, 6.07) is 6.16. The number of halogens is 1. The van der Waals surface area contributed by atoms with Crippen LogP contribution >= 0.6 is 11.6 Å². The Morgan fingerprint density at radius 3 is 2.88 bits per heavy atom. The summed E-state index contributed by atoms with van der Waals surface area (Å²) < 4.78 is 2.31. The molecule has 0 aliphatic carbocycles. The minimum atomic E-state index is 0.179. The first-order valence-corrected chi connectivity index (χ1v) is 6.36. The predicted octanol–water partition coefficient (Wildman–Crippen LogP) is 3.26. The van der Waals surface area contributed by atoms with Gasteiger partial charge in [-0.25, -0.2) is 0 Å². The van der Waals surface area contributed by atoms with Crippen molar-refractivity contribution in [1.29, 1.82) is 0 Å². The highest BCUT2D eigenvalue weighted by Gasteiger charge is 2.28. The van der Waals surface area contributed by atoms with Gasteiger partial charge in [-0.1, -0.05) is 11.6 Å². The molecule has 2 nitrogen and oxygen atoms in total. The van der Waals surface area contributed by atoms with Gasteiger partial charge in [0.2, 0.25) is 0 Å². The molecule has 0 amide bonds. The summed E-state index contributed by atoms with van der Waals surface area (Å²) in [6.45, 7) is 5.43. The van der Waals surface area contributed by atoms with Crippen LogP contribution in [0.1, 0.15) is 25.1 Å². The van der Waals surface area contributed by atoms with Crippen molar-refractivity contribution >= 4 is 22.5 Å². The highest BCUT2D eigenvalue weighted by Crippen LogP contribution is 2.32. The van der Waals surface area contributed by atoms with E-state index in [9.17, 15) is 0 Å². The second-order valence-electron chi connectivity index (χ2n) is 5.56. The van der Waals surface area contributed by atoms with Gasteiger partial charge in [-0.2, -0.15) is 0 Å². The molecule has 0 bridgehead atoms. The summed E-state index contributed by atoms with van der Waals surface area (Å²) in [4.78, 5) is 0. The van der Waals surface area contributed by atoms with Gasteiger partial charge in [0.15, 0.2) is 0 Å². The number of nitrogens with one attached hydrogen (secondary N) is 1. The number of benzene rings is 1. The quantitative estimate of drug-likeness (QED) is 0.757. The maximum Gasteiger partial charge on any atom is 0.0484 e. The topological polar surface area (TPSA) is 17.0 Å². The summed E-state index contributed by atoms with van der Waals surface area (Å²) in [6.07, 6.45) is 1.06. The lowest BCUT2D eigenvalue weighted by Crippen LogP contribution is -2.44. The Bertz CT molecular complexity index is 596. The van der Waals surface area contributed by atoms with Crippen LogP contribution in [0.4, 0.5) is 0 Å². The molecule has 1 aromatic carbocycles. The lowest BCUT2D eigenvalue weighted by Gasteiger charge is -2.32. The average Bonchev–Trinajstić information content (AvgIpc) is 2.51.